The van der Waals surface area contributed by atoms with Gasteiger partial charge in [0, 0.05) is 30.5 Å². The van der Waals surface area contributed by atoms with E-state index in [0.717, 1.165) is 21.7 Å². The van der Waals surface area contributed by atoms with Crippen molar-refractivity contribution >= 4 is 34.1 Å². The highest BCUT2D eigenvalue weighted by molar-refractivity contribution is 6.30. The van der Waals surface area contributed by atoms with Gasteiger partial charge in [0.2, 0.25) is 0 Å². The molecule has 0 saturated carbocycles. The maximum Gasteiger partial charge on any atom is 0.435 e. The van der Waals surface area contributed by atoms with Gasteiger partial charge in [-0.05, 0) is 41.6 Å². The third-order valence-corrected chi connectivity index (χ3v) is 5.38. The van der Waals surface area contributed by atoms with Gasteiger partial charge in [-0.2, -0.15) is 18.3 Å². The van der Waals surface area contributed by atoms with E-state index >= 15 is 0 Å². The SMILES string of the molecule is CCOc1cc(Cn2cc(C(=O)NCc3ccc4c(N)nccc4c3)c(C(F)(F)F)n2)cnc1Cl. The molecular weight excluding hydrogens is 485 g/mol. The van der Waals surface area contributed by atoms with Crippen molar-refractivity contribution in [3.8, 4) is 5.75 Å². The first kappa shape index (κ1) is 24.3. The molecule has 0 unspecified atom stereocenters. The molecule has 0 fully saturated rings. The number of fused-ring (bicyclic) bond motifs is 1. The molecule has 4 aromatic rings. The number of carbonyl (C=O) groups excluding carboxylic acids is 1. The minimum atomic E-state index is -4.82. The molecule has 0 spiro atoms. The predicted octanol–water partition coefficient (Wildman–Crippen LogP) is 4.46. The van der Waals surface area contributed by atoms with Crippen molar-refractivity contribution in [3.63, 3.8) is 0 Å². The number of nitrogen functional groups attached to an aromatic ring is 1. The molecule has 3 aromatic heterocycles. The highest BCUT2D eigenvalue weighted by Gasteiger charge is 2.39. The maximum absolute atomic E-state index is 13.6. The van der Waals surface area contributed by atoms with Crippen molar-refractivity contribution in [2.75, 3.05) is 12.3 Å². The highest BCUT2D eigenvalue weighted by Crippen LogP contribution is 2.31. The summed E-state index contributed by atoms with van der Waals surface area (Å²) in [5.41, 5.74) is 5.17. The van der Waals surface area contributed by atoms with Gasteiger partial charge in [-0.3, -0.25) is 9.48 Å². The second kappa shape index (κ2) is 9.79. The maximum atomic E-state index is 13.6. The number of nitrogens with one attached hydrogen (secondary N) is 1. The van der Waals surface area contributed by atoms with Gasteiger partial charge in [0.15, 0.2) is 16.6 Å². The molecule has 0 atom stereocenters. The van der Waals surface area contributed by atoms with Crippen molar-refractivity contribution in [1.82, 2.24) is 25.1 Å². The number of hydrogen-bond donors (Lipinski definition) is 2. The fraction of sp³-hybridized carbons (Fsp3) is 0.217. The van der Waals surface area contributed by atoms with Crippen molar-refractivity contribution in [2.45, 2.75) is 26.2 Å². The Morgan fingerprint density at radius 3 is 2.74 bits per heavy atom. The van der Waals surface area contributed by atoms with Crippen LogP contribution in [0, 0.1) is 0 Å². The van der Waals surface area contributed by atoms with Crippen LogP contribution in [0.5, 0.6) is 5.75 Å². The fourth-order valence-electron chi connectivity index (χ4n) is 3.51. The monoisotopic (exact) mass is 504 g/mol. The van der Waals surface area contributed by atoms with Gasteiger partial charge in [0.1, 0.15) is 5.82 Å². The lowest BCUT2D eigenvalue weighted by atomic mass is 10.1. The minimum absolute atomic E-state index is 0.0122. The summed E-state index contributed by atoms with van der Waals surface area (Å²) >= 11 is 5.96. The van der Waals surface area contributed by atoms with Crippen LogP contribution in [0.3, 0.4) is 0 Å². The number of aromatic nitrogens is 4. The minimum Gasteiger partial charge on any atom is -0.491 e. The summed E-state index contributed by atoms with van der Waals surface area (Å²) in [5, 5.41) is 7.82. The van der Waals surface area contributed by atoms with Crippen LogP contribution < -0.4 is 15.8 Å². The Balaban J connectivity index is 1.54. The van der Waals surface area contributed by atoms with E-state index in [4.69, 9.17) is 22.1 Å². The first-order chi connectivity index (χ1) is 16.7. The van der Waals surface area contributed by atoms with E-state index in [2.05, 4.69) is 20.4 Å². The van der Waals surface area contributed by atoms with Crippen LogP contribution in [0.1, 0.15) is 34.1 Å². The summed E-state index contributed by atoms with van der Waals surface area (Å²) < 4.78 is 47.3. The van der Waals surface area contributed by atoms with E-state index in [9.17, 15) is 18.0 Å². The average Bonchev–Trinajstić information content (AvgIpc) is 3.24. The topological polar surface area (TPSA) is 108 Å². The Morgan fingerprint density at radius 1 is 1.20 bits per heavy atom. The molecule has 35 heavy (non-hydrogen) atoms. The molecule has 0 aliphatic heterocycles. The Labute approximate surface area is 202 Å². The zero-order chi connectivity index (χ0) is 25.2. The van der Waals surface area contributed by atoms with Crippen LogP contribution in [-0.4, -0.2) is 32.3 Å². The number of alkyl halides is 3. The van der Waals surface area contributed by atoms with E-state index < -0.39 is 23.3 Å². The van der Waals surface area contributed by atoms with Crippen LogP contribution in [-0.2, 0) is 19.3 Å². The molecule has 1 amide bonds. The number of hydrogen-bond acceptors (Lipinski definition) is 6. The molecule has 8 nitrogen and oxygen atoms in total. The lowest BCUT2D eigenvalue weighted by Gasteiger charge is -2.08. The molecule has 0 saturated heterocycles. The summed E-state index contributed by atoms with van der Waals surface area (Å²) in [5.74, 6) is -0.229. The lowest BCUT2D eigenvalue weighted by Crippen LogP contribution is -2.25. The lowest BCUT2D eigenvalue weighted by molar-refractivity contribution is -0.141. The standard InChI is InChI=1S/C23H20ClF3N6O2/c1-2-35-18-8-14(10-30-20(18)24)11-33-12-17(19(32-33)23(25,26)27)22(34)31-9-13-3-4-16-15(7-13)5-6-29-21(16)28/h3-8,10,12H,2,9,11H2,1H3,(H2,28,29)(H,31,34). The van der Waals surface area contributed by atoms with Crippen LogP contribution >= 0.6 is 11.6 Å². The normalized spacial score (nSPS) is 11.6. The Bertz CT molecular complexity index is 1390. The van der Waals surface area contributed by atoms with Crippen LogP contribution in [0.4, 0.5) is 19.0 Å². The van der Waals surface area contributed by atoms with Gasteiger partial charge in [-0.15, -0.1) is 0 Å². The van der Waals surface area contributed by atoms with E-state index in [-0.39, 0.29) is 18.2 Å². The van der Waals surface area contributed by atoms with Gasteiger partial charge >= 0.3 is 6.18 Å². The zero-order valence-corrected chi connectivity index (χ0v) is 19.2. The molecule has 0 radical (unpaired) electrons. The van der Waals surface area contributed by atoms with Gasteiger partial charge in [-0.25, -0.2) is 9.97 Å². The molecule has 182 valence electrons. The predicted molar refractivity (Wildman–Crippen MR) is 124 cm³/mol. The second-order valence-corrected chi connectivity index (χ2v) is 7.94. The summed E-state index contributed by atoms with van der Waals surface area (Å²) in [7, 11) is 0. The van der Waals surface area contributed by atoms with Crippen molar-refractivity contribution < 1.29 is 22.7 Å². The Hall–Kier alpha value is -3.86. The van der Waals surface area contributed by atoms with Crippen molar-refractivity contribution in [3.05, 3.63) is 76.5 Å². The van der Waals surface area contributed by atoms with Gasteiger partial charge in [-0.1, -0.05) is 23.7 Å². The number of amides is 1. The third-order valence-electron chi connectivity index (χ3n) is 5.10. The summed E-state index contributed by atoms with van der Waals surface area (Å²) in [4.78, 5) is 20.7. The molecule has 0 aliphatic carbocycles. The molecule has 0 bridgehead atoms. The Kier molecular flexibility index (Phi) is 6.79. The number of halogens is 4. The summed E-state index contributed by atoms with van der Waals surface area (Å²) in [6.07, 6.45) is -0.806. The molecule has 4 rings (SSSR count). The average molecular weight is 505 g/mol. The first-order valence-corrected chi connectivity index (χ1v) is 10.9. The molecular formula is C23H20ClF3N6O2. The number of benzene rings is 1. The molecule has 0 aliphatic rings. The van der Waals surface area contributed by atoms with Gasteiger partial charge in [0.05, 0.1) is 18.7 Å². The van der Waals surface area contributed by atoms with Crippen LogP contribution in [0.15, 0.2) is 48.9 Å². The second-order valence-electron chi connectivity index (χ2n) is 7.59. The van der Waals surface area contributed by atoms with Crippen molar-refractivity contribution in [2.24, 2.45) is 0 Å². The third kappa shape index (κ3) is 5.46. The summed E-state index contributed by atoms with van der Waals surface area (Å²) in [6.45, 7) is 2.05. The molecule has 3 N–H and O–H groups in total. The van der Waals surface area contributed by atoms with Gasteiger partial charge in [0.25, 0.3) is 5.91 Å². The number of nitrogens with zero attached hydrogens (tertiary/aromatic N) is 4. The molecule has 3 heterocycles. The number of nitrogens with two attached hydrogens (primary N) is 1. The summed E-state index contributed by atoms with van der Waals surface area (Å²) in [6, 6.07) is 8.57. The van der Waals surface area contributed by atoms with E-state index in [0.29, 0.717) is 29.3 Å². The number of carbonyl (C=O) groups is 1. The quantitative estimate of drug-likeness (QED) is 0.360. The van der Waals surface area contributed by atoms with Gasteiger partial charge < -0.3 is 15.8 Å². The fourth-order valence-corrected chi connectivity index (χ4v) is 3.67. The van der Waals surface area contributed by atoms with Crippen LogP contribution in [0.2, 0.25) is 5.15 Å². The molecule has 1 aromatic carbocycles. The molecule has 12 heteroatoms. The van der Waals surface area contributed by atoms with E-state index in [1.165, 1.54) is 6.20 Å². The van der Waals surface area contributed by atoms with E-state index in [1.807, 2.05) is 0 Å². The van der Waals surface area contributed by atoms with Crippen molar-refractivity contribution in [1.29, 1.82) is 0 Å². The smallest absolute Gasteiger partial charge is 0.435 e. The first-order valence-electron chi connectivity index (χ1n) is 10.5. The zero-order valence-electron chi connectivity index (χ0n) is 18.4. The number of ether oxygens (including phenoxy) is 1. The Morgan fingerprint density at radius 2 is 2.00 bits per heavy atom. The number of pyridine rings is 2. The largest absolute Gasteiger partial charge is 0.491 e. The number of rotatable bonds is 7. The van der Waals surface area contributed by atoms with Crippen LogP contribution in [0.25, 0.3) is 10.8 Å². The van der Waals surface area contributed by atoms with E-state index in [1.54, 1.807) is 43.5 Å². The highest BCUT2D eigenvalue weighted by atomic mass is 35.5. The number of anilines is 1.